The predicted octanol–water partition coefficient (Wildman–Crippen LogP) is -3.13. The van der Waals surface area contributed by atoms with E-state index in [0.717, 1.165) is 0 Å². The molecule has 1 rings (SSSR count). The van der Waals surface area contributed by atoms with Crippen molar-refractivity contribution < 1.29 is 33.5 Å². The average molecular weight is 194 g/mol. The number of hydrogen-bond donors (Lipinski definition) is 0. The molecule has 4 nitrogen and oxygen atoms in total. The first-order valence-corrected chi connectivity index (χ1v) is 3.51. The Hall–Kier alpha value is -0.693. The van der Waals surface area contributed by atoms with Crippen molar-refractivity contribution in [3.05, 3.63) is 23.4 Å². The van der Waals surface area contributed by atoms with E-state index < -0.39 is 12.6 Å². The first kappa shape index (κ1) is 12.3. The summed E-state index contributed by atoms with van der Waals surface area (Å²) in [7, 11) is 0. The molecule has 1 aromatic heterocycles. The summed E-state index contributed by atoms with van der Waals surface area (Å²) in [5.41, 5.74) is 0. The molecule has 64 valence electrons. The van der Waals surface area contributed by atoms with Gasteiger partial charge in [-0.05, 0) is 12.1 Å². The first-order chi connectivity index (χ1) is 5.70. The van der Waals surface area contributed by atoms with Crippen molar-refractivity contribution >= 4 is 17.6 Å². The van der Waals surface area contributed by atoms with E-state index in [1.54, 1.807) is 12.1 Å². The van der Waals surface area contributed by atoms with Crippen LogP contribution in [0.5, 0.6) is 5.88 Å². The monoisotopic (exact) mass is 193 g/mol. The van der Waals surface area contributed by atoms with Crippen LogP contribution in [0.4, 0.5) is 0 Å². The van der Waals surface area contributed by atoms with Gasteiger partial charge in [0.1, 0.15) is 11.6 Å². The number of ether oxygens (including phenoxy) is 1. The topological polar surface area (TPSA) is 62.2 Å². The van der Waals surface area contributed by atoms with Gasteiger partial charge in [0, 0.05) is 6.20 Å². The van der Waals surface area contributed by atoms with Gasteiger partial charge in [-0.3, -0.25) is 0 Å². The van der Waals surface area contributed by atoms with Crippen molar-refractivity contribution in [1.82, 2.24) is 4.98 Å². The fourth-order valence-corrected chi connectivity index (χ4v) is 0.781. The van der Waals surface area contributed by atoms with Gasteiger partial charge in [0.15, 0.2) is 0 Å². The Balaban J connectivity index is 0.00000144. The number of nitrogens with zero attached hydrogens (tertiary/aromatic N) is 1. The third-order valence-electron chi connectivity index (χ3n) is 1.05. The van der Waals surface area contributed by atoms with Crippen molar-refractivity contribution in [2.45, 2.75) is 0 Å². The first-order valence-electron chi connectivity index (χ1n) is 3.13. The summed E-state index contributed by atoms with van der Waals surface area (Å²) in [5, 5.41) is 10.3. The molecule has 0 N–H and O–H groups in total. The molecule has 13 heavy (non-hydrogen) atoms. The third kappa shape index (κ3) is 4.18. The van der Waals surface area contributed by atoms with Crippen LogP contribution in [-0.2, 0) is 4.79 Å². The Morgan fingerprint density at radius 2 is 2.38 bits per heavy atom. The summed E-state index contributed by atoms with van der Waals surface area (Å²) in [6.45, 7) is -0.545. The predicted molar refractivity (Wildman–Crippen MR) is 39.7 cm³/mol. The van der Waals surface area contributed by atoms with E-state index in [1.807, 2.05) is 0 Å². The second kappa shape index (κ2) is 5.87. The van der Waals surface area contributed by atoms with Crippen LogP contribution in [0.3, 0.4) is 0 Å². The van der Waals surface area contributed by atoms with E-state index in [0.29, 0.717) is 0 Å². The van der Waals surface area contributed by atoms with E-state index in [2.05, 4.69) is 4.98 Å². The summed E-state index contributed by atoms with van der Waals surface area (Å²) in [6, 6.07) is 3.17. The minimum atomic E-state index is -1.31. The number of carboxylic acids is 1. The second-order valence-corrected chi connectivity index (χ2v) is 2.36. The molecule has 0 bridgehead atoms. The van der Waals surface area contributed by atoms with Gasteiger partial charge in [0.05, 0.1) is 5.97 Å². The summed E-state index contributed by atoms with van der Waals surface area (Å²) in [6.07, 6.45) is 1.45. The van der Waals surface area contributed by atoms with E-state index in [9.17, 15) is 9.90 Å². The number of halogens is 1. The molecule has 0 unspecified atom stereocenters. The van der Waals surface area contributed by atoms with Gasteiger partial charge in [-0.2, -0.15) is 0 Å². The minimum Gasteiger partial charge on any atom is -0.546 e. The van der Waals surface area contributed by atoms with Crippen molar-refractivity contribution in [2.24, 2.45) is 0 Å². The zero-order valence-corrected chi connectivity index (χ0v) is 7.75. The third-order valence-corrected chi connectivity index (χ3v) is 1.34. The standard InChI is InChI=1S/C7H6ClNO3.Li/c8-5-2-1-3-9-7(5)12-4-6(10)11;/h1-3H,4H2,(H,10,11);/q;+1/p-1. The van der Waals surface area contributed by atoms with Crippen LogP contribution < -0.4 is 28.7 Å². The average Bonchev–Trinajstić information content (AvgIpc) is 2.03. The van der Waals surface area contributed by atoms with Crippen LogP contribution in [-0.4, -0.2) is 17.6 Å². The van der Waals surface area contributed by atoms with Crippen molar-refractivity contribution in [1.29, 1.82) is 0 Å². The molecule has 0 aliphatic carbocycles. The number of carbonyl (C=O) groups is 1. The maximum Gasteiger partial charge on any atom is 1.00 e. The molecule has 6 heteroatoms. The number of pyridine rings is 1. The van der Waals surface area contributed by atoms with Crippen molar-refractivity contribution in [3.8, 4) is 5.88 Å². The van der Waals surface area contributed by atoms with Crippen LogP contribution in [0.1, 0.15) is 0 Å². The molecule has 0 aliphatic rings. The fraction of sp³-hybridized carbons (Fsp3) is 0.143. The summed E-state index contributed by atoms with van der Waals surface area (Å²) in [4.78, 5) is 13.7. The van der Waals surface area contributed by atoms with E-state index in [4.69, 9.17) is 16.3 Å². The number of carbonyl (C=O) groups excluding carboxylic acids is 1. The fourth-order valence-electron chi connectivity index (χ4n) is 0.605. The summed E-state index contributed by atoms with van der Waals surface area (Å²) < 4.78 is 4.69. The quantitative estimate of drug-likeness (QED) is 0.476. The zero-order chi connectivity index (χ0) is 8.97. The molecule has 0 atom stereocenters. The molecule has 0 aliphatic heterocycles. The Labute approximate surface area is 92.1 Å². The van der Waals surface area contributed by atoms with E-state index in [1.165, 1.54) is 6.20 Å². The molecule has 0 amide bonds. The number of hydrogen-bond acceptors (Lipinski definition) is 4. The van der Waals surface area contributed by atoms with Gasteiger partial charge < -0.3 is 14.6 Å². The Kier molecular flexibility index (Phi) is 5.56. The molecular formula is C7H5ClLiNO3. The van der Waals surface area contributed by atoms with Crippen molar-refractivity contribution in [2.75, 3.05) is 6.61 Å². The Morgan fingerprint density at radius 1 is 1.69 bits per heavy atom. The molecule has 0 saturated carbocycles. The maximum atomic E-state index is 9.98. The molecule has 1 heterocycles. The molecule has 0 saturated heterocycles. The normalized spacial score (nSPS) is 8.69. The van der Waals surface area contributed by atoms with Gasteiger partial charge in [0.2, 0.25) is 5.88 Å². The van der Waals surface area contributed by atoms with Crippen molar-refractivity contribution in [3.63, 3.8) is 0 Å². The molecule has 0 radical (unpaired) electrons. The van der Waals surface area contributed by atoms with Crippen LogP contribution in [0.2, 0.25) is 5.02 Å². The van der Waals surface area contributed by atoms with Crippen LogP contribution in [0.25, 0.3) is 0 Å². The largest absolute Gasteiger partial charge is 1.00 e. The number of carboxylic acid groups (broad SMARTS) is 1. The molecule has 0 spiro atoms. The molecule has 0 fully saturated rings. The maximum absolute atomic E-state index is 9.98. The number of aliphatic carboxylic acids is 1. The van der Waals surface area contributed by atoms with Crippen LogP contribution in [0, 0.1) is 0 Å². The SMILES string of the molecule is O=C([O-])COc1ncccc1Cl.[Li+]. The minimum absolute atomic E-state index is 0. The van der Waals surface area contributed by atoms with E-state index >= 15 is 0 Å². The Bertz CT molecular complexity index is 295. The van der Waals surface area contributed by atoms with Crippen LogP contribution >= 0.6 is 11.6 Å². The van der Waals surface area contributed by atoms with Gasteiger partial charge in [-0.1, -0.05) is 11.6 Å². The summed E-state index contributed by atoms with van der Waals surface area (Å²) >= 11 is 5.61. The van der Waals surface area contributed by atoms with Crippen LogP contribution in [0.15, 0.2) is 18.3 Å². The second-order valence-electron chi connectivity index (χ2n) is 1.95. The summed E-state index contributed by atoms with van der Waals surface area (Å²) in [5.74, 6) is -1.21. The van der Waals surface area contributed by atoms with Gasteiger partial charge in [-0.25, -0.2) is 4.98 Å². The Morgan fingerprint density at radius 3 is 2.92 bits per heavy atom. The molecule has 1 aromatic rings. The van der Waals surface area contributed by atoms with Gasteiger partial charge in [0.25, 0.3) is 0 Å². The molecule has 0 aromatic carbocycles. The number of rotatable bonds is 3. The van der Waals surface area contributed by atoms with Gasteiger partial charge >= 0.3 is 18.9 Å². The molecular weight excluding hydrogens is 188 g/mol. The number of aromatic nitrogens is 1. The smallest absolute Gasteiger partial charge is 0.546 e. The zero-order valence-electron chi connectivity index (χ0n) is 6.99. The van der Waals surface area contributed by atoms with E-state index in [-0.39, 0.29) is 29.8 Å². The van der Waals surface area contributed by atoms with Gasteiger partial charge in [-0.15, -0.1) is 0 Å².